The quantitative estimate of drug-likeness (QED) is 0.479. The van der Waals surface area contributed by atoms with Gasteiger partial charge in [0.15, 0.2) is 11.7 Å². The number of nitrogens with zero attached hydrogens (tertiary/aromatic N) is 5. The Morgan fingerprint density at radius 3 is 2.55 bits per heavy atom. The van der Waals surface area contributed by atoms with Crippen LogP contribution in [0.1, 0.15) is 17.3 Å². The molecule has 0 bridgehead atoms. The molecule has 1 aromatic carbocycles. The number of carbonyl (C=O) groups excluding carboxylic acids is 1. The van der Waals surface area contributed by atoms with E-state index in [1.807, 2.05) is 18.2 Å². The summed E-state index contributed by atoms with van der Waals surface area (Å²) in [6.45, 7) is 3.20. The van der Waals surface area contributed by atoms with Gasteiger partial charge in [-0.15, -0.1) is 0 Å². The maximum Gasteiger partial charge on any atom is 0.338 e. The summed E-state index contributed by atoms with van der Waals surface area (Å²) in [4.78, 5) is 30.7. The highest BCUT2D eigenvalue weighted by Crippen LogP contribution is 2.36. The first-order valence-corrected chi connectivity index (χ1v) is 12.4. The predicted molar refractivity (Wildman–Crippen MR) is 140 cm³/mol. The molecular formula is C27H25ClF2N6O2. The summed E-state index contributed by atoms with van der Waals surface area (Å²) < 4.78 is 33.7. The first kappa shape index (κ1) is 25.7. The lowest BCUT2D eigenvalue weighted by molar-refractivity contribution is -0.136. The zero-order valence-corrected chi connectivity index (χ0v) is 21.3. The number of anilines is 1. The lowest BCUT2D eigenvalue weighted by atomic mass is 9.94. The first-order chi connectivity index (χ1) is 18.4. The fraction of sp³-hybridized carbons (Fsp3) is 0.259. The lowest BCUT2D eigenvalue weighted by Gasteiger charge is -2.37. The molecule has 0 amide bonds. The van der Waals surface area contributed by atoms with Crippen molar-refractivity contribution in [3.63, 3.8) is 0 Å². The number of piperazine rings is 1. The number of ether oxygens (including phenoxy) is 1. The monoisotopic (exact) mass is 538 g/mol. The molecule has 1 unspecified atom stereocenters. The standard InChI is InChI=1S/C27H25ClF2N6O2/c1-38-27(37)23-21(16-35-11-13-36(14-12-35)22-6-2-3-9-31-22)33-26(25-20(30)5-4-10-32-25)34-24(23)18-8-7-17(29)15-19(18)28/h2-10,15,24H,11-14,16H2,1H3,(H,33,34). The molecule has 2 aliphatic rings. The van der Waals surface area contributed by atoms with E-state index in [1.165, 1.54) is 37.6 Å². The molecule has 3 aromatic rings. The zero-order chi connectivity index (χ0) is 26.6. The van der Waals surface area contributed by atoms with E-state index in [1.54, 1.807) is 6.20 Å². The van der Waals surface area contributed by atoms with E-state index in [0.29, 0.717) is 30.9 Å². The van der Waals surface area contributed by atoms with Crippen molar-refractivity contribution in [1.29, 1.82) is 0 Å². The highest BCUT2D eigenvalue weighted by atomic mass is 35.5. The Labute approximate surface area is 223 Å². The van der Waals surface area contributed by atoms with Gasteiger partial charge in [0.1, 0.15) is 23.4 Å². The number of halogens is 3. The molecule has 38 heavy (non-hydrogen) atoms. The molecule has 4 heterocycles. The van der Waals surface area contributed by atoms with E-state index in [-0.39, 0.29) is 22.1 Å². The number of methoxy groups -OCH3 is 1. The van der Waals surface area contributed by atoms with E-state index in [9.17, 15) is 13.6 Å². The summed E-state index contributed by atoms with van der Waals surface area (Å²) in [5.41, 5.74) is 1.09. The Bertz CT molecular complexity index is 1390. The normalized spacial score (nSPS) is 18.2. The number of pyridine rings is 2. The second kappa shape index (κ2) is 11.2. The molecular weight excluding hydrogens is 514 g/mol. The minimum atomic E-state index is -0.960. The van der Waals surface area contributed by atoms with E-state index in [0.717, 1.165) is 25.0 Å². The lowest BCUT2D eigenvalue weighted by Crippen LogP contribution is -2.49. The van der Waals surface area contributed by atoms with Crippen molar-refractivity contribution in [3.05, 3.63) is 100 Å². The third-order valence-electron chi connectivity index (χ3n) is 6.50. The van der Waals surface area contributed by atoms with Gasteiger partial charge in [-0.3, -0.25) is 9.89 Å². The van der Waals surface area contributed by atoms with Crippen LogP contribution in [0.25, 0.3) is 0 Å². The van der Waals surface area contributed by atoms with Crippen LogP contribution in [0.3, 0.4) is 0 Å². The molecule has 8 nitrogen and oxygen atoms in total. The van der Waals surface area contributed by atoms with Crippen molar-refractivity contribution in [3.8, 4) is 0 Å². The highest BCUT2D eigenvalue weighted by molar-refractivity contribution is 6.31. The number of aromatic nitrogens is 2. The molecule has 196 valence electrons. The average molecular weight is 539 g/mol. The molecule has 11 heteroatoms. The fourth-order valence-corrected chi connectivity index (χ4v) is 4.87. The van der Waals surface area contributed by atoms with Crippen molar-refractivity contribution in [2.45, 2.75) is 6.04 Å². The third-order valence-corrected chi connectivity index (χ3v) is 6.83. The summed E-state index contributed by atoms with van der Waals surface area (Å²) in [5.74, 6) is -0.671. The predicted octanol–water partition coefficient (Wildman–Crippen LogP) is 3.75. The van der Waals surface area contributed by atoms with E-state index >= 15 is 0 Å². The van der Waals surface area contributed by atoms with Crippen LogP contribution in [0.2, 0.25) is 5.02 Å². The van der Waals surface area contributed by atoms with Gasteiger partial charge in [-0.2, -0.15) is 0 Å². The summed E-state index contributed by atoms with van der Waals surface area (Å²) in [6, 6.07) is 11.5. The van der Waals surface area contributed by atoms with Crippen LogP contribution in [0.5, 0.6) is 0 Å². The van der Waals surface area contributed by atoms with Gasteiger partial charge in [0, 0.05) is 61.4 Å². The van der Waals surface area contributed by atoms with Gasteiger partial charge < -0.3 is 15.0 Å². The number of hydrogen-bond acceptors (Lipinski definition) is 8. The first-order valence-electron chi connectivity index (χ1n) is 12.0. The Hall–Kier alpha value is -3.89. The molecule has 1 saturated heterocycles. The number of hydrogen-bond donors (Lipinski definition) is 1. The second-order valence-corrected chi connectivity index (χ2v) is 9.25. The number of rotatable bonds is 6. The van der Waals surface area contributed by atoms with Gasteiger partial charge in [-0.25, -0.2) is 23.5 Å². The summed E-state index contributed by atoms with van der Waals surface area (Å²) in [6.07, 6.45) is 3.22. The minimum Gasteiger partial charge on any atom is -0.466 e. The summed E-state index contributed by atoms with van der Waals surface area (Å²) in [5, 5.41) is 3.23. The molecule has 0 spiro atoms. The van der Waals surface area contributed by atoms with Crippen LogP contribution < -0.4 is 10.2 Å². The molecule has 1 atom stereocenters. The van der Waals surface area contributed by atoms with Crippen LogP contribution in [-0.4, -0.2) is 66.5 Å². The van der Waals surface area contributed by atoms with Crippen LogP contribution >= 0.6 is 11.6 Å². The number of esters is 1. The van der Waals surface area contributed by atoms with E-state index in [4.69, 9.17) is 16.3 Å². The highest BCUT2D eigenvalue weighted by Gasteiger charge is 2.35. The number of nitrogens with one attached hydrogen (secondary N) is 1. The van der Waals surface area contributed by atoms with Crippen molar-refractivity contribution < 1.29 is 18.3 Å². The van der Waals surface area contributed by atoms with Crippen molar-refractivity contribution >= 4 is 29.2 Å². The van der Waals surface area contributed by atoms with E-state index in [2.05, 4.69) is 30.1 Å². The summed E-state index contributed by atoms with van der Waals surface area (Å²) in [7, 11) is 1.28. The molecule has 1 N–H and O–H groups in total. The number of carbonyl (C=O) groups is 1. The SMILES string of the molecule is COC(=O)C1=C(CN2CCN(c3ccccn3)CC2)NC(c2ncccc2F)=NC1c1ccc(F)cc1Cl. The Kier molecular flexibility index (Phi) is 7.62. The van der Waals surface area contributed by atoms with Gasteiger partial charge in [-0.05, 0) is 36.4 Å². The van der Waals surface area contributed by atoms with Gasteiger partial charge in [0.05, 0.1) is 12.7 Å². The molecule has 0 saturated carbocycles. The molecule has 1 fully saturated rings. The largest absolute Gasteiger partial charge is 0.466 e. The number of benzene rings is 1. The number of aliphatic imine (C=N–C) groups is 1. The smallest absolute Gasteiger partial charge is 0.338 e. The molecule has 0 radical (unpaired) electrons. The van der Waals surface area contributed by atoms with Crippen LogP contribution in [0, 0.1) is 11.6 Å². The molecule has 0 aliphatic carbocycles. The van der Waals surface area contributed by atoms with Crippen molar-refractivity contribution in [2.24, 2.45) is 4.99 Å². The maximum absolute atomic E-state index is 14.8. The zero-order valence-electron chi connectivity index (χ0n) is 20.6. The molecule has 5 rings (SSSR count). The van der Waals surface area contributed by atoms with Crippen LogP contribution in [0.4, 0.5) is 14.6 Å². The van der Waals surface area contributed by atoms with Gasteiger partial charge in [0.25, 0.3) is 0 Å². The Morgan fingerprint density at radius 2 is 1.87 bits per heavy atom. The topological polar surface area (TPSA) is 83.0 Å². The summed E-state index contributed by atoms with van der Waals surface area (Å²) >= 11 is 6.40. The maximum atomic E-state index is 14.8. The Balaban J connectivity index is 1.50. The average Bonchev–Trinajstić information content (AvgIpc) is 2.93. The minimum absolute atomic E-state index is 0.00267. The van der Waals surface area contributed by atoms with Gasteiger partial charge in [-0.1, -0.05) is 23.7 Å². The second-order valence-electron chi connectivity index (χ2n) is 8.84. The van der Waals surface area contributed by atoms with Gasteiger partial charge >= 0.3 is 5.97 Å². The third kappa shape index (κ3) is 5.36. The van der Waals surface area contributed by atoms with Crippen molar-refractivity contribution in [1.82, 2.24) is 20.2 Å². The molecule has 2 aliphatic heterocycles. The van der Waals surface area contributed by atoms with Crippen molar-refractivity contribution in [2.75, 3.05) is 44.7 Å². The molecule has 2 aromatic heterocycles. The number of amidine groups is 1. The fourth-order valence-electron chi connectivity index (χ4n) is 4.60. The van der Waals surface area contributed by atoms with Crippen LogP contribution in [0.15, 0.2) is 77.2 Å². The van der Waals surface area contributed by atoms with Gasteiger partial charge in [0.2, 0.25) is 0 Å². The van der Waals surface area contributed by atoms with E-state index < -0.39 is 23.6 Å². The Morgan fingerprint density at radius 1 is 1.08 bits per heavy atom. The van der Waals surface area contributed by atoms with Crippen LogP contribution in [-0.2, 0) is 9.53 Å².